The largest absolute Gasteiger partial charge is 0.496 e. The molecule has 2 aromatic carbocycles. The molecule has 3 heteroatoms. The molecule has 2 aromatic rings. The van der Waals surface area contributed by atoms with Gasteiger partial charge in [0, 0.05) is 11.1 Å². The van der Waals surface area contributed by atoms with Crippen molar-refractivity contribution in [2.24, 2.45) is 0 Å². The van der Waals surface area contributed by atoms with Gasteiger partial charge < -0.3 is 14.6 Å². The topological polar surface area (TPSA) is 38.7 Å². The molecule has 0 unspecified atom stereocenters. The third-order valence-corrected chi connectivity index (χ3v) is 2.72. The van der Waals surface area contributed by atoms with Crippen LogP contribution in [0.4, 0.5) is 0 Å². The molecule has 0 amide bonds. The second kappa shape index (κ2) is 6.07. The van der Waals surface area contributed by atoms with Gasteiger partial charge in [-0.15, -0.1) is 0 Å². The zero-order valence-corrected chi connectivity index (χ0v) is 10.3. The number of para-hydroxylation sites is 2. The highest BCUT2D eigenvalue weighted by molar-refractivity contribution is 5.35. The zero-order chi connectivity index (χ0) is 12.8. The van der Waals surface area contributed by atoms with Crippen molar-refractivity contribution in [3.05, 3.63) is 59.7 Å². The normalized spacial score (nSPS) is 10.1. The van der Waals surface area contributed by atoms with E-state index in [2.05, 4.69) is 0 Å². The standard InChI is InChI=1S/C15H16O3/c1-17-14-8-4-3-7-13(14)11-18-15-9-5-2-6-12(15)10-16/h2-9,16H,10-11H2,1H3. The fraction of sp³-hybridized carbons (Fsp3) is 0.200. The molecule has 0 saturated carbocycles. The number of hydrogen-bond donors (Lipinski definition) is 1. The molecule has 1 N–H and O–H groups in total. The van der Waals surface area contributed by atoms with Gasteiger partial charge in [-0.1, -0.05) is 36.4 Å². The molecule has 0 heterocycles. The number of benzene rings is 2. The number of hydrogen-bond acceptors (Lipinski definition) is 3. The van der Waals surface area contributed by atoms with Gasteiger partial charge in [-0.2, -0.15) is 0 Å². The van der Waals surface area contributed by atoms with E-state index >= 15 is 0 Å². The van der Waals surface area contributed by atoms with Crippen LogP contribution in [0.1, 0.15) is 11.1 Å². The van der Waals surface area contributed by atoms with Crippen LogP contribution in [0.2, 0.25) is 0 Å². The van der Waals surface area contributed by atoms with Crippen LogP contribution in [-0.2, 0) is 13.2 Å². The summed E-state index contributed by atoms with van der Waals surface area (Å²) >= 11 is 0. The van der Waals surface area contributed by atoms with Crippen LogP contribution in [0.3, 0.4) is 0 Å². The summed E-state index contributed by atoms with van der Waals surface area (Å²) in [5.41, 5.74) is 1.76. The predicted molar refractivity (Wildman–Crippen MR) is 69.7 cm³/mol. The van der Waals surface area contributed by atoms with E-state index in [1.165, 1.54) is 0 Å². The number of ether oxygens (including phenoxy) is 2. The molecule has 0 spiro atoms. The first-order valence-electron chi connectivity index (χ1n) is 5.78. The summed E-state index contributed by atoms with van der Waals surface area (Å²) in [6.07, 6.45) is 0. The van der Waals surface area contributed by atoms with Crippen LogP contribution >= 0.6 is 0 Å². The molecule has 0 aliphatic rings. The van der Waals surface area contributed by atoms with Gasteiger partial charge in [0.1, 0.15) is 18.1 Å². The third kappa shape index (κ3) is 2.81. The Kier molecular flexibility index (Phi) is 4.20. The Morgan fingerprint density at radius 3 is 2.17 bits per heavy atom. The SMILES string of the molecule is COc1ccccc1COc1ccccc1CO. The van der Waals surface area contributed by atoms with Crippen molar-refractivity contribution in [1.82, 2.24) is 0 Å². The van der Waals surface area contributed by atoms with E-state index in [0.29, 0.717) is 12.4 Å². The van der Waals surface area contributed by atoms with Gasteiger partial charge in [-0.05, 0) is 12.1 Å². The lowest BCUT2D eigenvalue weighted by Gasteiger charge is -2.12. The summed E-state index contributed by atoms with van der Waals surface area (Å²) in [5, 5.41) is 9.21. The molecule has 18 heavy (non-hydrogen) atoms. The van der Waals surface area contributed by atoms with Crippen LogP contribution < -0.4 is 9.47 Å². The Labute approximate surface area is 107 Å². The molecule has 0 bridgehead atoms. The van der Waals surface area contributed by atoms with Gasteiger partial charge in [0.2, 0.25) is 0 Å². The van der Waals surface area contributed by atoms with Crippen LogP contribution in [0.5, 0.6) is 11.5 Å². The second-order valence-corrected chi connectivity index (χ2v) is 3.87. The maximum absolute atomic E-state index is 9.21. The lowest BCUT2D eigenvalue weighted by molar-refractivity contribution is 0.257. The molecule has 0 aliphatic heterocycles. The quantitative estimate of drug-likeness (QED) is 0.879. The van der Waals surface area contributed by atoms with Crippen LogP contribution in [0, 0.1) is 0 Å². The van der Waals surface area contributed by atoms with E-state index in [1.807, 2.05) is 48.5 Å². The number of rotatable bonds is 5. The van der Waals surface area contributed by atoms with E-state index in [-0.39, 0.29) is 6.61 Å². The van der Waals surface area contributed by atoms with Crippen molar-refractivity contribution >= 4 is 0 Å². The van der Waals surface area contributed by atoms with Crippen molar-refractivity contribution in [3.63, 3.8) is 0 Å². The van der Waals surface area contributed by atoms with Crippen molar-refractivity contribution in [2.75, 3.05) is 7.11 Å². The minimum Gasteiger partial charge on any atom is -0.496 e. The van der Waals surface area contributed by atoms with E-state index < -0.39 is 0 Å². The average Bonchev–Trinajstić information content (AvgIpc) is 2.45. The molecule has 3 nitrogen and oxygen atoms in total. The van der Waals surface area contributed by atoms with Gasteiger partial charge in [-0.25, -0.2) is 0 Å². The first-order valence-corrected chi connectivity index (χ1v) is 5.78. The molecular weight excluding hydrogens is 228 g/mol. The van der Waals surface area contributed by atoms with Gasteiger partial charge in [0.05, 0.1) is 13.7 Å². The number of aliphatic hydroxyl groups excluding tert-OH is 1. The Bertz CT molecular complexity index is 461. The highest BCUT2D eigenvalue weighted by Crippen LogP contribution is 2.22. The molecule has 0 saturated heterocycles. The lowest BCUT2D eigenvalue weighted by Crippen LogP contribution is -2.00. The van der Waals surface area contributed by atoms with E-state index in [4.69, 9.17) is 9.47 Å². The van der Waals surface area contributed by atoms with Crippen molar-refractivity contribution in [3.8, 4) is 11.5 Å². The number of methoxy groups -OCH3 is 1. The monoisotopic (exact) mass is 244 g/mol. The van der Waals surface area contributed by atoms with E-state index in [1.54, 1.807) is 7.11 Å². The highest BCUT2D eigenvalue weighted by atomic mass is 16.5. The summed E-state index contributed by atoms with van der Waals surface area (Å²) in [5.74, 6) is 1.50. The lowest BCUT2D eigenvalue weighted by atomic mass is 10.2. The Morgan fingerprint density at radius 1 is 0.889 bits per heavy atom. The zero-order valence-electron chi connectivity index (χ0n) is 10.3. The molecule has 94 valence electrons. The smallest absolute Gasteiger partial charge is 0.125 e. The van der Waals surface area contributed by atoms with Crippen molar-refractivity contribution in [1.29, 1.82) is 0 Å². The fourth-order valence-corrected chi connectivity index (χ4v) is 1.75. The van der Waals surface area contributed by atoms with Crippen LogP contribution in [0.15, 0.2) is 48.5 Å². The highest BCUT2D eigenvalue weighted by Gasteiger charge is 2.05. The molecule has 0 aromatic heterocycles. The van der Waals surface area contributed by atoms with Crippen molar-refractivity contribution in [2.45, 2.75) is 13.2 Å². The molecule has 2 rings (SSSR count). The summed E-state index contributed by atoms with van der Waals surface area (Å²) < 4.78 is 11.0. The molecule has 0 atom stereocenters. The molecule has 0 fully saturated rings. The Balaban J connectivity index is 2.11. The number of aliphatic hydroxyl groups is 1. The Hall–Kier alpha value is -2.00. The maximum Gasteiger partial charge on any atom is 0.125 e. The van der Waals surface area contributed by atoms with Crippen molar-refractivity contribution < 1.29 is 14.6 Å². The van der Waals surface area contributed by atoms with Gasteiger partial charge in [0.25, 0.3) is 0 Å². The molecule has 0 radical (unpaired) electrons. The predicted octanol–water partition coefficient (Wildman–Crippen LogP) is 2.77. The summed E-state index contributed by atoms with van der Waals surface area (Å²) in [4.78, 5) is 0. The third-order valence-electron chi connectivity index (χ3n) is 2.72. The Morgan fingerprint density at radius 2 is 1.50 bits per heavy atom. The summed E-state index contributed by atoms with van der Waals surface area (Å²) in [7, 11) is 1.64. The first-order chi connectivity index (χ1) is 8.85. The van der Waals surface area contributed by atoms with Crippen LogP contribution in [0.25, 0.3) is 0 Å². The first kappa shape index (κ1) is 12.5. The average molecular weight is 244 g/mol. The second-order valence-electron chi connectivity index (χ2n) is 3.87. The minimum absolute atomic E-state index is 0.0257. The van der Waals surface area contributed by atoms with Crippen LogP contribution in [-0.4, -0.2) is 12.2 Å². The van der Waals surface area contributed by atoms with Gasteiger partial charge >= 0.3 is 0 Å². The van der Waals surface area contributed by atoms with Gasteiger partial charge in [0.15, 0.2) is 0 Å². The minimum atomic E-state index is -0.0257. The summed E-state index contributed by atoms with van der Waals surface area (Å²) in [6.45, 7) is 0.392. The van der Waals surface area contributed by atoms with E-state index in [0.717, 1.165) is 16.9 Å². The molecular formula is C15H16O3. The van der Waals surface area contributed by atoms with Gasteiger partial charge in [-0.3, -0.25) is 0 Å². The maximum atomic E-state index is 9.21. The fourth-order valence-electron chi connectivity index (χ4n) is 1.75. The summed E-state index contributed by atoms with van der Waals surface area (Å²) in [6, 6.07) is 15.2. The van der Waals surface area contributed by atoms with E-state index in [9.17, 15) is 5.11 Å². The molecule has 0 aliphatic carbocycles.